The van der Waals surface area contributed by atoms with Crippen molar-refractivity contribution in [2.24, 2.45) is 16.7 Å². The standard InChI is InChI=1S/C26H39FN5O11PS2/c1-24(2,11-33)21(36)45-8-6-40-44(38,41-7-9-46-22(37)25(3,4)12-34)42-10-14-17(35)15-18(26(15,27)43-14)32-13-29-16-19(32)30-23(28)31-20(16)39-5/h13-15,17-18,33-35H,6-12H2,1-5H3,(H2,28,30,31)/t14-,15?,17?,18+,26?/m1/s1. The molecule has 1 saturated carbocycles. The fourth-order valence-corrected chi connectivity index (χ4v) is 7.60. The number of nitrogens with two attached hydrogens (primary N) is 1. The van der Waals surface area contributed by atoms with Gasteiger partial charge in [-0.25, -0.2) is 13.9 Å². The van der Waals surface area contributed by atoms with Crippen molar-refractivity contribution >= 4 is 58.7 Å². The van der Waals surface area contributed by atoms with Crippen LogP contribution in [0.3, 0.4) is 0 Å². The highest BCUT2D eigenvalue weighted by molar-refractivity contribution is 8.14. The summed E-state index contributed by atoms with van der Waals surface area (Å²) in [7, 11) is -3.00. The van der Waals surface area contributed by atoms with E-state index in [2.05, 4.69) is 15.0 Å². The van der Waals surface area contributed by atoms with Crippen LogP contribution in [0.5, 0.6) is 5.88 Å². The average Bonchev–Trinajstić information content (AvgIpc) is 3.26. The summed E-state index contributed by atoms with van der Waals surface area (Å²) in [4.78, 5) is 36.8. The summed E-state index contributed by atoms with van der Waals surface area (Å²) in [5, 5.41) is 29.1. The molecule has 20 heteroatoms. The summed E-state index contributed by atoms with van der Waals surface area (Å²) < 4.78 is 57.8. The van der Waals surface area contributed by atoms with E-state index in [-0.39, 0.29) is 71.2 Å². The van der Waals surface area contributed by atoms with Gasteiger partial charge in [-0.1, -0.05) is 23.5 Å². The molecule has 1 saturated heterocycles. The minimum atomic E-state index is -4.37. The van der Waals surface area contributed by atoms with E-state index >= 15 is 4.39 Å². The van der Waals surface area contributed by atoms with E-state index in [9.17, 15) is 29.5 Å². The second-order valence-corrected chi connectivity index (χ2v) is 15.8. The van der Waals surface area contributed by atoms with Gasteiger partial charge in [-0.05, 0) is 27.7 Å². The molecule has 0 aromatic carbocycles. The number of nitrogen functional groups attached to an aromatic ring is 1. The van der Waals surface area contributed by atoms with Crippen molar-refractivity contribution in [3.8, 4) is 5.88 Å². The minimum Gasteiger partial charge on any atom is -0.479 e. The van der Waals surface area contributed by atoms with Gasteiger partial charge in [0.05, 0.1) is 69.3 Å². The van der Waals surface area contributed by atoms with Gasteiger partial charge in [0.2, 0.25) is 17.7 Å². The molecule has 46 heavy (non-hydrogen) atoms. The molecule has 1 aliphatic carbocycles. The van der Waals surface area contributed by atoms with Crippen molar-refractivity contribution in [2.45, 2.75) is 51.8 Å². The highest BCUT2D eigenvalue weighted by Gasteiger charge is 2.78. The number of anilines is 1. The molecule has 0 bridgehead atoms. The Bertz CT molecular complexity index is 1440. The zero-order chi connectivity index (χ0) is 34.1. The average molecular weight is 712 g/mol. The first-order chi connectivity index (χ1) is 21.5. The zero-order valence-electron chi connectivity index (χ0n) is 26.0. The van der Waals surface area contributed by atoms with Gasteiger partial charge in [0.1, 0.15) is 12.1 Å². The lowest BCUT2D eigenvalue weighted by molar-refractivity contribution is -0.120. The van der Waals surface area contributed by atoms with Gasteiger partial charge in [0.15, 0.2) is 21.4 Å². The van der Waals surface area contributed by atoms with Crippen molar-refractivity contribution < 1.29 is 56.9 Å². The van der Waals surface area contributed by atoms with Gasteiger partial charge in [-0.15, -0.1) is 0 Å². The first kappa shape index (κ1) is 36.9. The third kappa shape index (κ3) is 7.69. The van der Waals surface area contributed by atoms with E-state index in [1.54, 1.807) is 27.7 Å². The third-order valence-corrected chi connectivity index (χ3v) is 11.3. The van der Waals surface area contributed by atoms with Crippen LogP contribution in [0.15, 0.2) is 6.33 Å². The summed E-state index contributed by atoms with van der Waals surface area (Å²) in [6.45, 7) is 4.50. The first-order valence-electron chi connectivity index (χ1n) is 14.2. The first-order valence-corrected chi connectivity index (χ1v) is 17.7. The maximum atomic E-state index is 15.9. The lowest BCUT2D eigenvalue weighted by Crippen LogP contribution is -2.33. The number of carbonyl (C=O) groups is 2. The van der Waals surface area contributed by atoms with Gasteiger partial charge < -0.3 is 35.1 Å². The van der Waals surface area contributed by atoms with Gasteiger partial charge in [0.25, 0.3) is 0 Å². The topological polar surface area (TPSA) is 228 Å². The fraction of sp³-hybridized carbons (Fsp3) is 0.731. The van der Waals surface area contributed by atoms with Crippen LogP contribution in [0.1, 0.15) is 33.7 Å². The minimum absolute atomic E-state index is 0.0501. The lowest BCUT2D eigenvalue weighted by atomic mass is 9.97. The number of hydrogen-bond donors (Lipinski definition) is 4. The summed E-state index contributed by atoms with van der Waals surface area (Å²) >= 11 is 1.73. The van der Waals surface area contributed by atoms with E-state index in [0.717, 1.165) is 23.5 Å². The number of ether oxygens (including phenoxy) is 2. The molecule has 5 atom stereocenters. The number of aromatic nitrogens is 4. The molecule has 2 aromatic heterocycles. The Morgan fingerprint density at radius 1 is 1.09 bits per heavy atom. The molecule has 3 heterocycles. The number of hydrogen-bond acceptors (Lipinski definition) is 17. The van der Waals surface area contributed by atoms with E-state index in [4.69, 9.17) is 28.8 Å². The summed E-state index contributed by atoms with van der Waals surface area (Å²) in [5.74, 6) is -3.29. The van der Waals surface area contributed by atoms with Gasteiger partial charge in [-0.2, -0.15) is 9.97 Å². The quantitative estimate of drug-likeness (QED) is 0.135. The molecule has 3 unspecified atom stereocenters. The van der Waals surface area contributed by atoms with Gasteiger partial charge >= 0.3 is 7.82 Å². The molecule has 1 aliphatic heterocycles. The van der Waals surface area contributed by atoms with Crippen LogP contribution in [0, 0.1) is 16.7 Å². The van der Waals surface area contributed by atoms with Crippen LogP contribution < -0.4 is 10.5 Å². The number of nitrogens with zero attached hydrogens (tertiary/aromatic N) is 4. The SMILES string of the molecule is COc1nc(N)nc2c1ncn2[C@H]1C2C(O)[C@@H](COP(=O)(OCCSC(=O)C(C)(C)CO)OCCSC(=O)C(C)(C)CO)OC21F. The summed E-state index contributed by atoms with van der Waals surface area (Å²) in [6.07, 6.45) is -1.33. The van der Waals surface area contributed by atoms with Crippen molar-refractivity contribution in [2.75, 3.05) is 57.4 Å². The normalized spacial score (nSPS) is 24.7. The summed E-state index contributed by atoms with van der Waals surface area (Å²) in [6, 6.07) is -1.00. The molecule has 0 spiro atoms. The molecule has 4 rings (SSSR count). The maximum Gasteiger partial charge on any atom is 0.474 e. The van der Waals surface area contributed by atoms with Crippen molar-refractivity contribution in [1.82, 2.24) is 19.5 Å². The van der Waals surface area contributed by atoms with Crippen LogP contribution >= 0.6 is 31.3 Å². The number of aliphatic hydroxyl groups is 3. The molecule has 0 amide bonds. The number of alkyl halides is 1. The van der Waals surface area contributed by atoms with Crippen LogP contribution in [-0.4, -0.2) is 115 Å². The van der Waals surface area contributed by atoms with Crippen LogP contribution in [0.25, 0.3) is 11.2 Å². The predicted molar refractivity (Wildman–Crippen MR) is 166 cm³/mol. The van der Waals surface area contributed by atoms with E-state index < -0.39 is 55.3 Å². The molecule has 258 valence electrons. The molecule has 5 N–H and O–H groups in total. The van der Waals surface area contributed by atoms with Crippen LogP contribution in [0.2, 0.25) is 0 Å². The Kier molecular flexibility index (Phi) is 11.5. The number of aliphatic hydroxyl groups excluding tert-OH is 3. The molecular weight excluding hydrogens is 672 g/mol. The third-order valence-electron chi connectivity index (χ3n) is 7.49. The Labute approximate surface area is 272 Å². The molecule has 2 fully saturated rings. The Balaban J connectivity index is 1.38. The summed E-state index contributed by atoms with van der Waals surface area (Å²) in [5.41, 5.74) is 4.21. The highest BCUT2D eigenvalue weighted by Crippen LogP contribution is 2.66. The molecule has 2 aromatic rings. The van der Waals surface area contributed by atoms with E-state index in [0.29, 0.717) is 0 Å². The van der Waals surface area contributed by atoms with Crippen LogP contribution in [-0.2, 0) is 32.5 Å². The van der Waals surface area contributed by atoms with Crippen LogP contribution in [0.4, 0.5) is 10.3 Å². The maximum absolute atomic E-state index is 15.9. The second kappa shape index (κ2) is 14.3. The number of methoxy groups -OCH3 is 1. The highest BCUT2D eigenvalue weighted by atomic mass is 32.2. The molecular formula is C26H39FN5O11PS2. The van der Waals surface area contributed by atoms with E-state index in [1.807, 2.05) is 0 Å². The van der Waals surface area contributed by atoms with Gasteiger partial charge in [0, 0.05) is 11.5 Å². The number of thioether (sulfide) groups is 2. The number of imidazole rings is 1. The zero-order valence-corrected chi connectivity index (χ0v) is 28.5. The number of phosphoric ester groups is 1. The van der Waals surface area contributed by atoms with Gasteiger partial charge in [-0.3, -0.25) is 23.2 Å². The smallest absolute Gasteiger partial charge is 0.474 e. The van der Waals surface area contributed by atoms with Crippen molar-refractivity contribution in [1.29, 1.82) is 0 Å². The largest absolute Gasteiger partial charge is 0.479 e. The number of carbonyl (C=O) groups excluding carboxylic acids is 2. The van der Waals surface area contributed by atoms with Crippen molar-refractivity contribution in [3.63, 3.8) is 0 Å². The number of phosphoric acid groups is 1. The molecule has 0 radical (unpaired) electrons. The number of halogens is 1. The Morgan fingerprint density at radius 2 is 1.65 bits per heavy atom. The molecule has 16 nitrogen and oxygen atoms in total. The van der Waals surface area contributed by atoms with E-state index in [1.165, 1.54) is 18.0 Å². The number of fused-ring (bicyclic) bond motifs is 2. The van der Waals surface area contributed by atoms with Crippen molar-refractivity contribution in [3.05, 3.63) is 6.33 Å². The monoisotopic (exact) mass is 711 g/mol. The predicted octanol–water partition coefficient (Wildman–Crippen LogP) is 1.73. The lowest BCUT2D eigenvalue weighted by Gasteiger charge is -2.24. The Hall–Kier alpha value is -1.93. The number of rotatable bonds is 17. The second-order valence-electron chi connectivity index (χ2n) is 12.0. The fourth-order valence-electron chi connectivity index (χ4n) is 4.55. The molecule has 2 aliphatic rings. The Morgan fingerprint density at radius 3 is 2.13 bits per heavy atom.